The molecule has 3 saturated heterocycles. The second-order valence-corrected chi connectivity index (χ2v) is 36.8. The van der Waals surface area contributed by atoms with E-state index in [2.05, 4.69) is 58.2 Å². The summed E-state index contributed by atoms with van der Waals surface area (Å²) in [6.45, 7) is 9.58. The van der Waals surface area contributed by atoms with Crippen molar-refractivity contribution in [1.82, 2.24) is 87.2 Å². The number of hydrogen-bond acceptors (Lipinski definition) is 23. The van der Waals surface area contributed by atoms with Crippen LogP contribution in [0, 0.1) is 11.8 Å². The molecule has 3 fully saturated rings. The topological polar surface area (TPSA) is 646 Å². The maximum atomic E-state index is 16.0. The van der Waals surface area contributed by atoms with Crippen molar-refractivity contribution in [1.29, 1.82) is 0 Å². The average Bonchev–Trinajstić information content (AvgIpc) is 1.63. The number of unbranched alkanes of at least 4 members (excludes halogenated alkanes) is 2. The van der Waals surface area contributed by atoms with Crippen molar-refractivity contribution < 1.29 is 106 Å². The number of aliphatic hydroxyl groups excluding tert-OH is 1. The minimum absolute atomic E-state index is 0.00560. The highest BCUT2D eigenvalue weighted by atomic mass is 32.2. The zero-order chi connectivity index (χ0) is 100. The minimum atomic E-state index is -1.88. The molecular formula is C92H131N21O22S. The van der Waals surface area contributed by atoms with E-state index in [1.165, 1.54) is 63.1 Å². The monoisotopic (exact) mass is 1910 g/mol. The molecule has 742 valence electrons. The number of nitrogens with zero attached hydrogens (tertiary/aromatic N) is 6. The summed E-state index contributed by atoms with van der Waals surface area (Å²) >= 11 is 0.773. The van der Waals surface area contributed by atoms with Crippen LogP contribution in [0.1, 0.15) is 155 Å². The number of carboxylic acid groups (broad SMARTS) is 1. The molecular weight excluding hydrogens is 1780 g/mol. The van der Waals surface area contributed by atoms with Crippen molar-refractivity contribution in [2.24, 2.45) is 34.8 Å². The number of aliphatic hydroxyl groups is 1. The number of carbonyl (C=O) groups excluding carboxylic acids is 18. The molecule has 44 heteroatoms. The van der Waals surface area contributed by atoms with Crippen LogP contribution in [0.15, 0.2) is 85.2 Å². The summed E-state index contributed by atoms with van der Waals surface area (Å²) in [6.07, 6.45) is -0.447. The van der Waals surface area contributed by atoms with Gasteiger partial charge in [-0.2, -0.15) is 0 Å². The molecule has 0 aliphatic carbocycles. The van der Waals surface area contributed by atoms with Crippen LogP contribution in [0.2, 0.25) is 0 Å². The molecule has 18 amide bonds. The second kappa shape index (κ2) is 50.9. The summed E-state index contributed by atoms with van der Waals surface area (Å²) in [7, 11) is 3.88. The first-order valence-corrected chi connectivity index (χ1v) is 46.9. The number of para-hydroxylation sites is 2. The maximum Gasteiger partial charge on any atom is 0.323 e. The van der Waals surface area contributed by atoms with Gasteiger partial charge in [0.2, 0.25) is 106 Å². The third-order valence-electron chi connectivity index (χ3n) is 24.2. The van der Waals surface area contributed by atoms with E-state index < -0.39 is 259 Å². The standard InChI is InChI=1S/C92H131N21O22S/c1-11-13-23-70-85(128)101-61(34-49(3)4)82(125)107-68(80(123)98-43-76(96)118)47-136-48-77(119)99-65(36-52-27-29-55(114)30-28-52)88(131)108(8)51(7)79(122)104-67(41-75(95)117)90(133)112-33-19-26-71(112)86(129)103-63(40-74(94)116)84(127)105-64(35-50(5)6)91(134)113-45-56(115)39-73(113)87(130)102-62(37-53-42-97-59-22-17-15-20-57(53)59)83(126)100-60(31-32-93)81(124)106-66(89(132)110(10)72(24-14-12-2)92(135)109(70)9)38-54-44-111(46-78(120)121)69-25-18-16-21-58(54)69/h15-18,20-22,25,27-30,42,44,49-51,56,60-68,70-73,97,114-115H,11-14,19,23-24,26,31-41,43,45-48,93H2,1-10H3,(H2,94,116)(H2,95,117)(H2,96,118)(H,98,123)(H,99,119)(H,100,126)(H,101,128)(H,102,130)(H,103,129)(H,104,122)(H,105,127)(H,106,124)(H,107,125)(H,120,121)/t51-,56+,60-,61-,62-,63-,64-,65-,66-,67+,68-,70-,71-,72-,73-/m0/s1. The lowest BCUT2D eigenvalue weighted by atomic mass is 9.99. The Morgan fingerprint density at radius 1 is 0.529 bits per heavy atom. The summed E-state index contributed by atoms with van der Waals surface area (Å²) in [5, 5.41) is 59.1. The number of carboxylic acids is 1. The van der Waals surface area contributed by atoms with Gasteiger partial charge in [-0.05, 0) is 111 Å². The zero-order valence-electron chi connectivity index (χ0n) is 78.4. The zero-order valence-corrected chi connectivity index (χ0v) is 79.2. The number of nitrogens with two attached hydrogens (primary N) is 4. The Morgan fingerprint density at radius 3 is 1.70 bits per heavy atom. The fraction of sp³-hybridized carbons (Fsp3) is 0.554. The van der Waals surface area contributed by atoms with Crippen molar-refractivity contribution in [2.75, 3.05) is 58.8 Å². The van der Waals surface area contributed by atoms with Gasteiger partial charge in [-0.1, -0.05) is 116 Å². The van der Waals surface area contributed by atoms with E-state index in [0.29, 0.717) is 64.2 Å². The van der Waals surface area contributed by atoms with E-state index in [0.717, 1.165) is 36.3 Å². The molecule has 2 aromatic heterocycles. The molecule has 5 heterocycles. The van der Waals surface area contributed by atoms with Crippen molar-refractivity contribution in [3.8, 4) is 5.75 Å². The van der Waals surface area contributed by atoms with Gasteiger partial charge in [0.05, 0.1) is 31.2 Å². The SMILES string of the molecule is CCCC[C@H]1C(=O)N(C)[C@@H](CCCC)C(=O)N[C@@H](CC(C)C)C(=O)N[C@H](C(=O)NCC(N)=O)CSCC(=O)N[C@@H](Cc2ccc(O)cc2)C(=O)N(C)[C@@H](C)C(=O)N[C@H](CC(N)=O)C(=O)N2CCC[C@H]2C(=O)N[C@@H](CC(N)=O)C(=O)N[C@@H](CC(C)C)C(=O)N2C[C@H](O)C[C@H]2C(=O)N[C@@H](Cc2c[nH]c3ccccc23)C(=O)N[C@@H](CCN)C(=O)N[C@@H](Cc2cn(CC(=O)O)c3ccccc23)C(=O)N1C. The molecule has 0 saturated carbocycles. The van der Waals surface area contributed by atoms with Crippen LogP contribution in [0.5, 0.6) is 5.75 Å². The van der Waals surface area contributed by atoms with Gasteiger partial charge < -0.3 is 125 Å². The Hall–Kier alpha value is -13.3. The molecule has 0 spiro atoms. The number of rotatable bonds is 27. The highest BCUT2D eigenvalue weighted by molar-refractivity contribution is 8.00. The minimum Gasteiger partial charge on any atom is -0.508 e. The quantitative estimate of drug-likeness (QED) is 0.0262. The van der Waals surface area contributed by atoms with Crippen LogP contribution >= 0.6 is 11.8 Å². The first-order chi connectivity index (χ1) is 64.4. The third-order valence-corrected chi connectivity index (χ3v) is 25.3. The summed E-state index contributed by atoms with van der Waals surface area (Å²) in [6, 6.07) is -3.02. The number of phenols is 1. The van der Waals surface area contributed by atoms with Crippen LogP contribution in [0.3, 0.4) is 0 Å². The number of primary amides is 3. The van der Waals surface area contributed by atoms with Gasteiger partial charge in [-0.15, -0.1) is 11.8 Å². The number of carbonyl (C=O) groups is 19. The summed E-state index contributed by atoms with van der Waals surface area (Å²) in [5.74, 6) is -20.7. The number of likely N-dealkylation sites (N-methyl/N-ethyl adjacent to an activating group) is 3. The Morgan fingerprint density at radius 2 is 1.06 bits per heavy atom. The molecule has 8 rings (SSSR count). The van der Waals surface area contributed by atoms with Gasteiger partial charge in [-0.3, -0.25) is 91.1 Å². The molecule has 3 aromatic carbocycles. The number of thioether (sulfide) groups is 1. The van der Waals surface area contributed by atoms with E-state index in [9.17, 15) is 72.9 Å². The van der Waals surface area contributed by atoms with Crippen molar-refractivity contribution >= 4 is 146 Å². The van der Waals surface area contributed by atoms with Crippen LogP contribution in [0.25, 0.3) is 21.8 Å². The van der Waals surface area contributed by atoms with Crippen LogP contribution in [0.4, 0.5) is 0 Å². The number of benzene rings is 3. The largest absolute Gasteiger partial charge is 0.508 e. The van der Waals surface area contributed by atoms with Gasteiger partial charge in [0, 0.05) is 99.9 Å². The first kappa shape index (κ1) is 108. The molecule has 5 aromatic rings. The van der Waals surface area contributed by atoms with Crippen molar-refractivity contribution in [3.05, 3.63) is 102 Å². The predicted octanol–water partition coefficient (Wildman–Crippen LogP) is -2.32. The Kier molecular flexibility index (Phi) is 40.4. The summed E-state index contributed by atoms with van der Waals surface area (Å²) < 4.78 is 1.43. The molecule has 0 bridgehead atoms. The van der Waals surface area contributed by atoms with Gasteiger partial charge in [-0.25, -0.2) is 0 Å². The molecule has 0 unspecified atom stereocenters. The molecule has 3 aliphatic rings. The summed E-state index contributed by atoms with van der Waals surface area (Å²) in [5.41, 5.74) is 25.3. The normalized spacial score (nSPS) is 24.7. The number of phenolic OH excluding ortho intramolecular Hbond substituents is 1. The van der Waals surface area contributed by atoms with Gasteiger partial charge in [0.25, 0.3) is 0 Å². The van der Waals surface area contributed by atoms with E-state index >= 15 is 33.6 Å². The van der Waals surface area contributed by atoms with Crippen LogP contribution in [-0.4, -0.2) is 311 Å². The average molecular weight is 1920 g/mol. The Bertz CT molecular complexity index is 5160. The molecule has 15 atom stereocenters. The molecule has 43 nitrogen and oxygen atoms in total. The smallest absolute Gasteiger partial charge is 0.323 e. The van der Waals surface area contributed by atoms with E-state index in [1.54, 1.807) is 82.4 Å². The lowest BCUT2D eigenvalue weighted by molar-refractivity contribution is -0.149. The second-order valence-electron chi connectivity index (χ2n) is 35.7. The fourth-order valence-electron chi connectivity index (χ4n) is 17.0. The number of H-pyrrole nitrogens is 1. The first-order valence-electron chi connectivity index (χ1n) is 45.8. The molecule has 136 heavy (non-hydrogen) atoms. The van der Waals surface area contributed by atoms with Crippen LogP contribution in [-0.2, 0) is 117 Å². The van der Waals surface area contributed by atoms with Gasteiger partial charge in [0.15, 0.2) is 0 Å². The highest BCUT2D eigenvalue weighted by Gasteiger charge is 2.47. The highest BCUT2D eigenvalue weighted by Crippen LogP contribution is 2.29. The number of nitrogens with one attached hydrogen (secondary N) is 11. The van der Waals surface area contributed by atoms with Gasteiger partial charge in [0.1, 0.15) is 96.9 Å². The third kappa shape index (κ3) is 30.1. The number of aromatic amines is 1. The van der Waals surface area contributed by atoms with Crippen molar-refractivity contribution in [3.63, 3.8) is 0 Å². The Balaban J connectivity index is 1.22. The number of aliphatic carboxylic acids is 1. The lowest BCUT2D eigenvalue weighted by Gasteiger charge is -2.36. The van der Waals surface area contributed by atoms with E-state index in [-0.39, 0.29) is 89.0 Å². The van der Waals surface area contributed by atoms with E-state index in [4.69, 9.17) is 22.9 Å². The molecule has 0 radical (unpaired) electrons. The Labute approximate surface area is 791 Å². The van der Waals surface area contributed by atoms with Gasteiger partial charge >= 0.3 is 5.97 Å². The van der Waals surface area contributed by atoms with E-state index in [1.807, 2.05) is 13.8 Å². The molecule has 22 N–H and O–H groups in total. The number of hydrogen-bond donors (Lipinski definition) is 18. The lowest BCUT2D eigenvalue weighted by Crippen LogP contribution is -2.61. The van der Waals surface area contributed by atoms with Crippen LogP contribution < -0.4 is 76.1 Å². The number of amides is 18. The molecule has 3 aliphatic heterocycles. The predicted molar refractivity (Wildman–Crippen MR) is 499 cm³/mol. The number of aromatic hydroxyl groups is 1. The fourth-order valence-corrected chi connectivity index (χ4v) is 17.8. The van der Waals surface area contributed by atoms with Crippen molar-refractivity contribution in [2.45, 2.75) is 255 Å². The summed E-state index contributed by atoms with van der Waals surface area (Å²) in [4.78, 5) is 284. The maximum absolute atomic E-state index is 16.0. The number of aromatic nitrogens is 2. The number of fused-ring (bicyclic) bond motifs is 4.